The molecule has 1 unspecified atom stereocenters. The summed E-state index contributed by atoms with van der Waals surface area (Å²) in [6.07, 6.45) is 1.10. The first-order chi connectivity index (χ1) is 13.8. The van der Waals surface area contributed by atoms with E-state index in [-0.39, 0.29) is 27.8 Å². The van der Waals surface area contributed by atoms with Gasteiger partial charge in [-0.15, -0.1) is 11.3 Å². The van der Waals surface area contributed by atoms with Gasteiger partial charge in [0.25, 0.3) is 21.8 Å². The number of fused-ring (bicyclic) bond motifs is 1. The number of rotatable bonds is 4. The maximum absolute atomic E-state index is 12.8. The molecule has 2 N–H and O–H groups in total. The first-order valence-corrected chi connectivity index (χ1v) is 11.5. The van der Waals surface area contributed by atoms with Crippen molar-refractivity contribution in [2.24, 2.45) is 5.92 Å². The van der Waals surface area contributed by atoms with E-state index in [0.717, 1.165) is 11.3 Å². The number of carbonyl (C=O) groups excluding carboxylic acids is 3. The molecule has 0 spiro atoms. The molecule has 3 heterocycles. The zero-order valence-electron chi connectivity index (χ0n) is 15.0. The van der Waals surface area contributed by atoms with Crippen LogP contribution in [0.4, 0.5) is 5.69 Å². The first-order valence-electron chi connectivity index (χ1n) is 8.82. The quantitative estimate of drug-likeness (QED) is 0.690. The number of imide groups is 1. The lowest BCUT2D eigenvalue weighted by molar-refractivity contribution is -0.120. The zero-order chi connectivity index (χ0) is 20.8. The van der Waals surface area contributed by atoms with Gasteiger partial charge in [-0.05, 0) is 43.2 Å². The molecule has 0 aliphatic carbocycles. The maximum Gasteiger partial charge on any atom is 0.259 e. The Kier molecular flexibility index (Phi) is 5.19. The average Bonchev–Trinajstić information content (AvgIpc) is 3.26. The van der Waals surface area contributed by atoms with Crippen LogP contribution in [0.25, 0.3) is 0 Å². The third kappa shape index (κ3) is 3.80. The molecule has 0 bridgehead atoms. The van der Waals surface area contributed by atoms with E-state index in [0.29, 0.717) is 29.4 Å². The van der Waals surface area contributed by atoms with Gasteiger partial charge in [0, 0.05) is 18.8 Å². The van der Waals surface area contributed by atoms with Gasteiger partial charge in [0.15, 0.2) is 0 Å². The van der Waals surface area contributed by atoms with Gasteiger partial charge in [-0.1, -0.05) is 11.6 Å². The molecule has 4 rings (SSSR count). The van der Waals surface area contributed by atoms with Gasteiger partial charge < -0.3 is 5.32 Å². The summed E-state index contributed by atoms with van der Waals surface area (Å²) in [6.45, 7) is 0.399. The lowest BCUT2D eigenvalue weighted by Crippen LogP contribution is -2.43. The molecule has 0 saturated carbocycles. The van der Waals surface area contributed by atoms with Crippen molar-refractivity contribution in [3.8, 4) is 0 Å². The lowest BCUT2D eigenvalue weighted by atomic mass is 9.98. The second-order valence-electron chi connectivity index (χ2n) is 6.79. The van der Waals surface area contributed by atoms with Crippen LogP contribution >= 0.6 is 22.9 Å². The topological polar surface area (TPSA) is 113 Å². The Bertz CT molecular complexity index is 1130. The van der Waals surface area contributed by atoms with Crippen molar-refractivity contribution in [2.45, 2.75) is 17.1 Å². The van der Waals surface area contributed by atoms with Crippen LogP contribution in [0.2, 0.25) is 4.34 Å². The fourth-order valence-corrected chi connectivity index (χ4v) is 6.59. The molecule has 1 saturated heterocycles. The van der Waals surface area contributed by atoms with Gasteiger partial charge in [-0.2, -0.15) is 4.31 Å². The highest BCUT2D eigenvalue weighted by Crippen LogP contribution is 2.31. The van der Waals surface area contributed by atoms with Gasteiger partial charge in [-0.3, -0.25) is 19.7 Å². The standard InChI is InChI=1S/C18H16ClN3O5S2/c19-14-5-6-15(28-14)29(26,27)22-7-1-2-10(9-22)16(23)20-11-3-4-12-13(8-11)18(25)21-17(12)24/h3-6,8,10H,1-2,7,9H2,(H,20,23)(H,21,24,25). The summed E-state index contributed by atoms with van der Waals surface area (Å²) >= 11 is 6.84. The van der Waals surface area contributed by atoms with Crippen LogP contribution in [0.5, 0.6) is 0 Å². The molecule has 1 aromatic heterocycles. The van der Waals surface area contributed by atoms with Crippen LogP contribution in [-0.2, 0) is 14.8 Å². The van der Waals surface area contributed by atoms with Crippen molar-refractivity contribution in [1.29, 1.82) is 0 Å². The molecular formula is C18H16ClN3O5S2. The molecule has 152 valence electrons. The number of hydrogen-bond donors (Lipinski definition) is 2. The Hall–Kier alpha value is -2.27. The van der Waals surface area contributed by atoms with Crippen LogP contribution in [0, 0.1) is 5.92 Å². The molecular weight excluding hydrogens is 438 g/mol. The molecule has 29 heavy (non-hydrogen) atoms. The highest BCUT2D eigenvalue weighted by Gasteiger charge is 2.34. The number of nitrogens with one attached hydrogen (secondary N) is 2. The molecule has 1 fully saturated rings. The van der Waals surface area contributed by atoms with Gasteiger partial charge in [0.2, 0.25) is 5.91 Å². The summed E-state index contributed by atoms with van der Waals surface area (Å²) in [4.78, 5) is 36.1. The minimum absolute atomic E-state index is 0.0631. The van der Waals surface area contributed by atoms with Crippen molar-refractivity contribution in [3.63, 3.8) is 0 Å². The fraction of sp³-hybridized carbons (Fsp3) is 0.278. The fourth-order valence-electron chi connectivity index (χ4n) is 3.43. The predicted molar refractivity (Wildman–Crippen MR) is 108 cm³/mol. The number of anilines is 1. The van der Waals surface area contributed by atoms with Crippen molar-refractivity contribution < 1.29 is 22.8 Å². The number of halogens is 1. The van der Waals surface area contributed by atoms with Crippen molar-refractivity contribution in [1.82, 2.24) is 9.62 Å². The van der Waals surface area contributed by atoms with Crippen molar-refractivity contribution in [2.75, 3.05) is 18.4 Å². The van der Waals surface area contributed by atoms with Crippen LogP contribution in [0.3, 0.4) is 0 Å². The van der Waals surface area contributed by atoms with Gasteiger partial charge in [-0.25, -0.2) is 8.42 Å². The number of piperidine rings is 1. The summed E-state index contributed by atoms with van der Waals surface area (Å²) < 4.78 is 27.4. The molecule has 1 atom stereocenters. The first kappa shape index (κ1) is 20.0. The summed E-state index contributed by atoms with van der Waals surface area (Å²) in [5, 5.41) is 4.92. The molecule has 1 aromatic carbocycles. The number of carbonyl (C=O) groups is 3. The van der Waals surface area contributed by atoms with Crippen LogP contribution in [0.15, 0.2) is 34.5 Å². The van der Waals surface area contributed by atoms with E-state index in [4.69, 9.17) is 11.6 Å². The monoisotopic (exact) mass is 453 g/mol. The number of nitrogens with zero attached hydrogens (tertiary/aromatic N) is 1. The number of benzene rings is 1. The Balaban J connectivity index is 1.48. The van der Waals surface area contributed by atoms with Crippen molar-refractivity contribution >= 4 is 56.4 Å². The lowest BCUT2D eigenvalue weighted by Gasteiger charge is -2.30. The molecule has 2 aromatic rings. The predicted octanol–water partition coefficient (Wildman–Crippen LogP) is 2.32. The molecule has 2 aliphatic rings. The molecule has 2 aliphatic heterocycles. The maximum atomic E-state index is 12.8. The third-order valence-corrected chi connectivity index (χ3v) is 8.46. The Morgan fingerprint density at radius 2 is 1.93 bits per heavy atom. The highest BCUT2D eigenvalue weighted by atomic mass is 35.5. The van der Waals surface area contributed by atoms with Crippen LogP contribution in [-0.4, -0.2) is 43.5 Å². The second kappa shape index (κ2) is 7.52. The van der Waals surface area contributed by atoms with E-state index in [2.05, 4.69) is 10.6 Å². The Morgan fingerprint density at radius 1 is 1.17 bits per heavy atom. The summed E-state index contributed by atoms with van der Waals surface area (Å²) in [5.74, 6) is -1.84. The van der Waals surface area contributed by atoms with E-state index >= 15 is 0 Å². The zero-order valence-corrected chi connectivity index (χ0v) is 17.4. The van der Waals surface area contributed by atoms with E-state index < -0.39 is 27.8 Å². The molecule has 11 heteroatoms. The van der Waals surface area contributed by atoms with Gasteiger partial charge in [0.1, 0.15) is 4.21 Å². The van der Waals surface area contributed by atoms with Crippen LogP contribution < -0.4 is 10.6 Å². The highest BCUT2D eigenvalue weighted by molar-refractivity contribution is 7.91. The summed E-state index contributed by atoms with van der Waals surface area (Å²) in [6, 6.07) is 7.45. The van der Waals surface area contributed by atoms with E-state index in [1.165, 1.54) is 28.6 Å². The summed E-state index contributed by atoms with van der Waals surface area (Å²) in [5.41, 5.74) is 0.844. The third-order valence-electron chi connectivity index (χ3n) is 4.90. The molecule has 8 nitrogen and oxygen atoms in total. The number of hydrogen-bond acceptors (Lipinski definition) is 6. The van der Waals surface area contributed by atoms with E-state index in [1.807, 2.05) is 0 Å². The smallest absolute Gasteiger partial charge is 0.259 e. The van der Waals surface area contributed by atoms with Gasteiger partial charge in [0.05, 0.1) is 21.4 Å². The molecule has 0 radical (unpaired) electrons. The second-order valence-corrected chi connectivity index (χ2v) is 10.7. The number of sulfonamides is 1. The number of thiophene rings is 1. The normalized spacial score (nSPS) is 19.7. The van der Waals surface area contributed by atoms with Crippen molar-refractivity contribution in [3.05, 3.63) is 45.8 Å². The minimum Gasteiger partial charge on any atom is -0.326 e. The SMILES string of the molecule is O=C1NC(=O)c2cc(NC(=O)C3CCCN(S(=O)(=O)c4ccc(Cl)s4)C3)ccc21. The average molecular weight is 454 g/mol. The van der Waals surface area contributed by atoms with E-state index in [9.17, 15) is 22.8 Å². The largest absolute Gasteiger partial charge is 0.326 e. The Labute approximate surface area is 175 Å². The molecule has 3 amide bonds. The van der Waals surface area contributed by atoms with E-state index in [1.54, 1.807) is 6.07 Å². The van der Waals surface area contributed by atoms with Crippen LogP contribution in [0.1, 0.15) is 33.6 Å². The Morgan fingerprint density at radius 3 is 2.66 bits per heavy atom. The van der Waals surface area contributed by atoms with Gasteiger partial charge >= 0.3 is 0 Å². The number of amides is 3. The summed E-state index contributed by atoms with van der Waals surface area (Å²) in [7, 11) is -3.70. The minimum atomic E-state index is -3.70.